The number of pyridine rings is 1. The highest BCUT2D eigenvalue weighted by molar-refractivity contribution is 5.93. The number of halogens is 5. The van der Waals surface area contributed by atoms with Crippen LogP contribution in [0, 0.1) is 0 Å². The van der Waals surface area contributed by atoms with E-state index < -0.39 is 37.0 Å². The molecule has 0 radical (unpaired) electrons. The Kier molecular flexibility index (Phi) is 7.08. The van der Waals surface area contributed by atoms with E-state index in [0.29, 0.717) is 0 Å². The number of fused-ring (bicyclic) bond motifs is 1. The highest BCUT2D eigenvalue weighted by Gasteiger charge is 2.43. The molecule has 0 unspecified atom stereocenters. The standard InChI is InChI=1S/C20H16F5N3O6/c1-11(6-7-26-18(30)12-2-5-17(27-9-12)34-19(21,22)23)28-16(29)10-31-13-3-4-14-15(8-13)33-20(24,25)32-14/h2-5,8-9H,1,6-7,10H2,(H,26,30)(H,28,29). The molecule has 0 saturated heterocycles. The highest BCUT2D eigenvalue weighted by Crippen LogP contribution is 2.42. The summed E-state index contributed by atoms with van der Waals surface area (Å²) in [6, 6.07) is 5.67. The zero-order valence-electron chi connectivity index (χ0n) is 17.1. The molecule has 34 heavy (non-hydrogen) atoms. The Hall–Kier alpha value is -4.10. The predicted molar refractivity (Wildman–Crippen MR) is 103 cm³/mol. The first kappa shape index (κ1) is 24.5. The Bertz CT molecular complexity index is 1080. The number of carbonyl (C=O) groups is 2. The second-order valence-electron chi connectivity index (χ2n) is 6.66. The monoisotopic (exact) mass is 489 g/mol. The fraction of sp³-hybridized carbons (Fsp3) is 0.250. The molecule has 0 bridgehead atoms. The lowest BCUT2D eigenvalue weighted by atomic mass is 10.2. The van der Waals surface area contributed by atoms with Gasteiger partial charge in [-0.05, 0) is 18.2 Å². The van der Waals surface area contributed by atoms with Crippen LogP contribution >= 0.6 is 0 Å². The summed E-state index contributed by atoms with van der Waals surface area (Å²) < 4.78 is 79.7. The molecule has 0 saturated carbocycles. The smallest absolute Gasteiger partial charge is 0.484 e. The largest absolute Gasteiger partial charge is 0.586 e. The molecule has 2 amide bonds. The van der Waals surface area contributed by atoms with Crippen molar-refractivity contribution < 1.29 is 50.5 Å². The molecular weight excluding hydrogens is 473 g/mol. The number of benzene rings is 1. The van der Waals surface area contributed by atoms with Crippen molar-refractivity contribution in [2.45, 2.75) is 19.1 Å². The van der Waals surface area contributed by atoms with Gasteiger partial charge in [-0.25, -0.2) is 4.98 Å². The van der Waals surface area contributed by atoms with E-state index in [4.69, 9.17) is 4.74 Å². The van der Waals surface area contributed by atoms with Gasteiger partial charge < -0.3 is 29.6 Å². The van der Waals surface area contributed by atoms with Crippen LogP contribution < -0.4 is 29.6 Å². The normalized spacial score (nSPS) is 13.7. The van der Waals surface area contributed by atoms with E-state index >= 15 is 0 Å². The van der Waals surface area contributed by atoms with Gasteiger partial charge in [0.2, 0.25) is 5.88 Å². The Morgan fingerprint density at radius 2 is 1.85 bits per heavy atom. The summed E-state index contributed by atoms with van der Waals surface area (Å²) in [7, 11) is 0. The van der Waals surface area contributed by atoms with Crippen LogP contribution in [-0.4, -0.2) is 42.6 Å². The van der Waals surface area contributed by atoms with Crippen LogP contribution in [0.5, 0.6) is 23.1 Å². The molecule has 1 aromatic carbocycles. The van der Waals surface area contributed by atoms with E-state index in [1.807, 2.05) is 0 Å². The minimum atomic E-state index is -4.89. The molecule has 1 aliphatic rings. The zero-order valence-corrected chi connectivity index (χ0v) is 17.1. The maximum absolute atomic E-state index is 13.0. The number of nitrogens with zero attached hydrogens (tertiary/aromatic N) is 1. The van der Waals surface area contributed by atoms with Crippen LogP contribution in [0.2, 0.25) is 0 Å². The Morgan fingerprint density at radius 3 is 2.53 bits per heavy atom. The van der Waals surface area contributed by atoms with Gasteiger partial charge in [0.25, 0.3) is 11.8 Å². The van der Waals surface area contributed by atoms with Gasteiger partial charge in [-0.1, -0.05) is 6.58 Å². The number of alkyl halides is 5. The van der Waals surface area contributed by atoms with Crippen molar-refractivity contribution in [3.8, 4) is 23.1 Å². The molecule has 0 aliphatic carbocycles. The molecular formula is C20H16F5N3O6. The van der Waals surface area contributed by atoms with E-state index in [1.54, 1.807) is 0 Å². The van der Waals surface area contributed by atoms with Crippen LogP contribution in [0.25, 0.3) is 0 Å². The minimum absolute atomic E-state index is 0.000870. The van der Waals surface area contributed by atoms with E-state index in [9.17, 15) is 31.5 Å². The fourth-order valence-electron chi connectivity index (χ4n) is 2.59. The summed E-state index contributed by atoms with van der Waals surface area (Å²) in [5.41, 5.74) is 0.241. The Balaban J connectivity index is 1.36. The van der Waals surface area contributed by atoms with Crippen molar-refractivity contribution >= 4 is 11.8 Å². The number of hydrogen-bond acceptors (Lipinski definition) is 7. The van der Waals surface area contributed by atoms with Crippen LogP contribution in [0.1, 0.15) is 16.8 Å². The summed E-state index contributed by atoms with van der Waals surface area (Å²) in [5, 5.41) is 4.92. The van der Waals surface area contributed by atoms with Gasteiger partial charge in [-0.15, -0.1) is 22.0 Å². The van der Waals surface area contributed by atoms with Crippen molar-refractivity contribution in [3.63, 3.8) is 0 Å². The molecule has 14 heteroatoms. The second-order valence-corrected chi connectivity index (χ2v) is 6.66. The molecule has 182 valence electrons. The van der Waals surface area contributed by atoms with Gasteiger partial charge >= 0.3 is 12.7 Å². The topological polar surface area (TPSA) is 108 Å². The third kappa shape index (κ3) is 7.21. The van der Waals surface area contributed by atoms with Gasteiger partial charge in [0, 0.05) is 37.0 Å². The summed E-state index contributed by atoms with van der Waals surface area (Å²) in [4.78, 5) is 27.4. The third-order valence-corrected chi connectivity index (χ3v) is 3.99. The number of ether oxygens (including phenoxy) is 4. The average molecular weight is 489 g/mol. The van der Waals surface area contributed by atoms with Crippen LogP contribution in [0.4, 0.5) is 22.0 Å². The zero-order chi connectivity index (χ0) is 24.9. The van der Waals surface area contributed by atoms with Crippen molar-refractivity contribution in [2.75, 3.05) is 13.2 Å². The van der Waals surface area contributed by atoms with Gasteiger partial charge in [-0.3, -0.25) is 9.59 Å². The van der Waals surface area contributed by atoms with Crippen LogP contribution in [-0.2, 0) is 4.79 Å². The van der Waals surface area contributed by atoms with Crippen LogP contribution in [0.15, 0.2) is 48.8 Å². The maximum Gasteiger partial charge on any atom is 0.586 e. The third-order valence-electron chi connectivity index (χ3n) is 3.99. The van der Waals surface area contributed by atoms with E-state index in [0.717, 1.165) is 24.4 Å². The lowest BCUT2D eigenvalue weighted by Crippen LogP contribution is -2.31. The molecule has 2 aromatic rings. The Labute approximate surface area is 188 Å². The van der Waals surface area contributed by atoms with E-state index in [1.165, 1.54) is 12.1 Å². The molecule has 9 nitrogen and oxygen atoms in total. The van der Waals surface area contributed by atoms with Gasteiger partial charge in [-0.2, -0.15) is 0 Å². The first-order valence-corrected chi connectivity index (χ1v) is 9.40. The van der Waals surface area contributed by atoms with Crippen molar-refractivity contribution in [1.29, 1.82) is 0 Å². The number of hydrogen-bond donors (Lipinski definition) is 2. The molecule has 2 heterocycles. The molecule has 3 rings (SSSR count). The number of carbonyl (C=O) groups excluding carboxylic acids is 2. The molecule has 0 spiro atoms. The first-order valence-electron chi connectivity index (χ1n) is 9.40. The van der Waals surface area contributed by atoms with Crippen molar-refractivity contribution in [2.24, 2.45) is 0 Å². The lowest BCUT2D eigenvalue weighted by molar-refractivity contribution is -0.286. The predicted octanol–water partition coefficient (Wildman–Crippen LogP) is 3.13. The van der Waals surface area contributed by atoms with Gasteiger partial charge in [0.15, 0.2) is 18.1 Å². The summed E-state index contributed by atoms with van der Waals surface area (Å²) in [5.74, 6) is -2.22. The SMILES string of the molecule is C=C(CCNC(=O)c1ccc(OC(F)(F)F)nc1)NC(=O)COc1ccc2c(c1)OC(F)(F)O2. The quantitative estimate of drug-likeness (QED) is 0.521. The summed E-state index contributed by atoms with van der Waals surface area (Å²) in [6.45, 7) is 3.23. The van der Waals surface area contributed by atoms with Gasteiger partial charge in [0.05, 0.1) is 5.56 Å². The van der Waals surface area contributed by atoms with Crippen molar-refractivity contribution in [3.05, 3.63) is 54.4 Å². The minimum Gasteiger partial charge on any atom is -0.484 e. The number of nitrogens with one attached hydrogen (secondary N) is 2. The molecule has 1 aromatic heterocycles. The number of amides is 2. The molecule has 0 atom stereocenters. The lowest BCUT2D eigenvalue weighted by Gasteiger charge is -2.11. The van der Waals surface area contributed by atoms with E-state index in [-0.39, 0.29) is 41.5 Å². The van der Waals surface area contributed by atoms with Gasteiger partial charge in [0.1, 0.15) is 5.75 Å². The highest BCUT2D eigenvalue weighted by atomic mass is 19.4. The summed E-state index contributed by atoms with van der Waals surface area (Å²) >= 11 is 0. The number of aromatic nitrogens is 1. The van der Waals surface area contributed by atoms with Crippen molar-refractivity contribution in [1.82, 2.24) is 15.6 Å². The average Bonchev–Trinajstić information content (AvgIpc) is 3.04. The molecule has 0 fully saturated rings. The molecule has 1 aliphatic heterocycles. The molecule has 2 N–H and O–H groups in total. The maximum atomic E-state index is 13.0. The summed E-state index contributed by atoms with van der Waals surface area (Å²) in [6.07, 6.45) is -7.61. The first-order chi connectivity index (χ1) is 15.9. The van der Waals surface area contributed by atoms with Crippen LogP contribution in [0.3, 0.4) is 0 Å². The Morgan fingerprint density at radius 1 is 1.12 bits per heavy atom. The number of rotatable bonds is 9. The fourth-order valence-corrected chi connectivity index (χ4v) is 2.59. The van der Waals surface area contributed by atoms with E-state index in [2.05, 4.69) is 36.4 Å². The second kappa shape index (κ2) is 9.80.